The number of hydrogen-bond donors (Lipinski definition) is 1. The van der Waals surface area contributed by atoms with Crippen LogP contribution in [0.15, 0.2) is 34.1 Å². The number of aryl methyl sites for hydroxylation is 6. The molecule has 0 bridgehead atoms. The van der Waals surface area contributed by atoms with Gasteiger partial charge in [0, 0.05) is 15.6 Å². The van der Waals surface area contributed by atoms with Gasteiger partial charge in [-0.1, -0.05) is 12.1 Å². The van der Waals surface area contributed by atoms with Crippen LogP contribution in [0.2, 0.25) is 0 Å². The molecule has 0 saturated heterocycles. The van der Waals surface area contributed by atoms with E-state index < -0.39 is 30.3 Å². The highest BCUT2D eigenvalue weighted by Gasteiger charge is 2.13. The molecule has 0 amide bonds. The predicted octanol–water partition coefficient (Wildman–Crippen LogP) is 3.43. The van der Waals surface area contributed by atoms with Crippen molar-refractivity contribution in [1.29, 1.82) is 0 Å². The summed E-state index contributed by atoms with van der Waals surface area (Å²) in [6.07, 6.45) is 0. The van der Waals surface area contributed by atoms with Gasteiger partial charge in [0.15, 0.2) is 0 Å². The van der Waals surface area contributed by atoms with Crippen molar-refractivity contribution in [2.24, 2.45) is 0 Å². The van der Waals surface area contributed by atoms with Gasteiger partial charge in [0.2, 0.25) is 0 Å². The Bertz CT molecular complexity index is 1140. The third kappa shape index (κ3) is 14.8. The van der Waals surface area contributed by atoms with E-state index in [1.165, 1.54) is 16.7 Å². The molecule has 0 aliphatic heterocycles. The van der Waals surface area contributed by atoms with Crippen LogP contribution in [0, 0.1) is 41.5 Å². The largest absolute Gasteiger partial charge is 0.425 e. The summed E-state index contributed by atoms with van der Waals surface area (Å²) in [4.78, 5) is 1.29. The molecule has 8 nitrogen and oxygen atoms in total. The van der Waals surface area contributed by atoms with Crippen LogP contribution in [-0.2, 0) is 30.3 Å². The maximum Gasteiger partial charge on any atom is 0.425 e. The first kappa shape index (κ1) is 31.5. The minimum atomic E-state index is -3.60. The molecular formula is C18H23ClO8S4. The molecule has 0 saturated carbocycles. The third-order valence-corrected chi connectivity index (χ3v) is 5.81. The summed E-state index contributed by atoms with van der Waals surface area (Å²) in [6, 6.07) is 7.70. The van der Waals surface area contributed by atoms with E-state index in [1.54, 1.807) is 13.0 Å². The van der Waals surface area contributed by atoms with Gasteiger partial charge in [-0.3, -0.25) is 0 Å². The molecule has 2 rings (SSSR count). The number of halogens is 1. The second-order valence-electron chi connectivity index (χ2n) is 6.27. The zero-order valence-corrected chi connectivity index (χ0v) is 21.7. The number of hydrogen-bond acceptors (Lipinski definition) is 9. The van der Waals surface area contributed by atoms with Crippen molar-refractivity contribution in [2.75, 3.05) is 0 Å². The van der Waals surface area contributed by atoms with Crippen molar-refractivity contribution < 1.29 is 33.7 Å². The molecule has 0 heterocycles. The van der Waals surface area contributed by atoms with Crippen molar-refractivity contribution >= 4 is 53.6 Å². The van der Waals surface area contributed by atoms with Gasteiger partial charge in [-0.15, -0.1) is 37.9 Å². The maximum atomic E-state index is 11.1. The lowest BCUT2D eigenvalue weighted by Crippen LogP contribution is -1.96. The average molecular weight is 531 g/mol. The van der Waals surface area contributed by atoms with Crippen LogP contribution >= 0.6 is 23.3 Å². The molecule has 2 aromatic carbocycles. The summed E-state index contributed by atoms with van der Waals surface area (Å²) in [7, 11) is -4.56. The van der Waals surface area contributed by atoms with Gasteiger partial charge in [-0.05, 0) is 87.1 Å². The average Bonchev–Trinajstić information content (AvgIpc) is 2.55. The van der Waals surface area contributed by atoms with Crippen molar-refractivity contribution in [1.82, 2.24) is 0 Å². The highest BCUT2D eigenvalue weighted by atomic mass is 35.7. The molecule has 0 radical (unpaired) electrons. The molecule has 0 atom stereocenters. The molecule has 0 aliphatic carbocycles. The molecule has 0 N–H and O–H groups in total. The fraction of sp³-hybridized carbons (Fsp3) is 0.333. The molecular weight excluding hydrogens is 508 g/mol. The SMILES string of the molecule is Cc1cc(C)c(S(=O)(=O)Cl)cc1C.Cc1cc(C)c(S)cc1C.O=S(=O)=O.O=S(=O)=O. The van der Waals surface area contributed by atoms with Gasteiger partial charge in [-0.25, -0.2) is 8.42 Å². The van der Waals surface area contributed by atoms with Crippen LogP contribution in [-0.4, -0.2) is 33.7 Å². The summed E-state index contributed by atoms with van der Waals surface area (Å²) in [5, 5.41) is 0. The normalized spacial score (nSPS) is 9.68. The second-order valence-corrected chi connectivity index (χ2v) is 10.1. The first-order valence-corrected chi connectivity index (χ1v) is 13.0. The Morgan fingerprint density at radius 1 is 0.613 bits per heavy atom. The number of rotatable bonds is 1. The van der Waals surface area contributed by atoms with E-state index in [2.05, 4.69) is 45.5 Å². The molecule has 0 unspecified atom stereocenters. The Balaban J connectivity index is 0. The quantitative estimate of drug-likeness (QED) is 0.437. The lowest BCUT2D eigenvalue weighted by Gasteiger charge is -2.06. The van der Waals surface area contributed by atoms with Crippen LogP contribution < -0.4 is 0 Å². The van der Waals surface area contributed by atoms with E-state index >= 15 is 0 Å². The minimum Gasteiger partial charge on any atom is -0.207 e. The Labute approximate surface area is 195 Å². The van der Waals surface area contributed by atoms with Gasteiger partial charge >= 0.3 is 21.2 Å². The fourth-order valence-corrected chi connectivity index (χ4v) is 3.66. The van der Waals surface area contributed by atoms with Gasteiger partial charge < -0.3 is 0 Å². The topological polar surface area (TPSA) is 137 Å². The first-order chi connectivity index (χ1) is 13.9. The summed E-state index contributed by atoms with van der Waals surface area (Å²) >= 11 is 4.31. The van der Waals surface area contributed by atoms with Gasteiger partial charge in [0.25, 0.3) is 9.05 Å². The molecule has 0 fully saturated rings. The summed E-state index contributed by atoms with van der Waals surface area (Å²) in [5.74, 6) is 0. The second kappa shape index (κ2) is 14.4. The van der Waals surface area contributed by atoms with Crippen LogP contribution in [0.5, 0.6) is 0 Å². The molecule has 0 aromatic heterocycles. The zero-order chi connectivity index (χ0) is 25.1. The lowest BCUT2D eigenvalue weighted by atomic mass is 10.1. The van der Waals surface area contributed by atoms with E-state index in [0.29, 0.717) is 5.56 Å². The standard InChI is InChI=1S/C9H11ClO2S.C9H12S.2O3S/c1-6-4-8(3)9(5-7(6)2)13(10,11)12;1-6-4-8(3)9(10)5-7(6)2;2*1-4(2)3/h4-5H,1-3H3;4-5,10H,1-3H3;;. The Kier molecular flexibility index (Phi) is 14.6. The predicted molar refractivity (Wildman–Crippen MR) is 121 cm³/mol. The first-order valence-electron chi connectivity index (χ1n) is 8.22. The third-order valence-electron chi connectivity index (χ3n) is 3.87. The van der Waals surface area contributed by atoms with Crippen LogP contribution in [0.1, 0.15) is 33.4 Å². The number of benzene rings is 2. The summed E-state index contributed by atoms with van der Waals surface area (Å²) < 4.78 is 72.8. The molecule has 0 spiro atoms. The lowest BCUT2D eigenvalue weighted by molar-refractivity contribution is 0.557. The molecule has 2 aromatic rings. The van der Waals surface area contributed by atoms with Gasteiger partial charge in [0.1, 0.15) is 0 Å². The van der Waals surface area contributed by atoms with Crippen LogP contribution in [0.3, 0.4) is 0 Å². The van der Waals surface area contributed by atoms with Crippen LogP contribution in [0.4, 0.5) is 0 Å². The van der Waals surface area contributed by atoms with Crippen molar-refractivity contribution in [3.63, 3.8) is 0 Å². The molecule has 31 heavy (non-hydrogen) atoms. The van der Waals surface area contributed by atoms with E-state index in [1.807, 2.05) is 19.9 Å². The van der Waals surface area contributed by atoms with E-state index in [-0.39, 0.29) is 4.90 Å². The smallest absolute Gasteiger partial charge is 0.207 e. The molecule has 13 heteroatoms. The Morgan fingerprint density at radius 3 is 1.23 bits per heavy atom. The zero-order valence-electron chi connectivity index (χ0n) is 17.6. The Hall–Kier alpha value is -1.73. The van der Waals surface area contributed by atoms with Crippen molar-refractivity contribution in [2.45, 2.75) is 51.3 Å². The van der Waals surface area contributed by atoms with Gasteiger partial charge in [0.05, 0.1) is 4.90 Å². The number of thiol groups is 1. The summed E-state index contributed by atoms with van der Waals surface area (Å²) in [5.41, 5.74) is 6.61. The minimum absolute atomic E-state index is 0.206. The van der Waals surface area contributed by atoms with Crippen molar-refractivity contribution in [3.8, 4) is 0 Å². The Morgan fingerprint density at radius 2 is 0.903 bits per heavy atom. The van der Waals surface area contributed by atoms with E-state index in [9.17, 15) is 8.42 Å². The summed E-state index contributed by atoms with van der Waals surface area (Å²) in [6.45, 7) is 11.8. The monoisotopic (exact) mass is 530 g/mol. The van der Waals surface area contributed by atoms with E-state index in [0.717, 1.165) is 16.0 Å². The highest BCUT2D eigenvalue weighted by molar-refractivity contribution is 8.13. The van der Waals surface area contributed by atoms with Gasteiger partial charge in [-0.2, -0.15) is 0 Å². The van der Waals surface area contributed by atoms with Crippen LogP contribution in [0.25, 0.3) is 0 Å². The fourth-order valence-electron chi connectivity index (χ4n) is 2.14. The molecule has 174 valence electrons. The van der Waals surface area contributed by atoms with E-state index in [4.69, 9.17) is 35.9 Å². The maximum absolute atomic E-state index is 11.1. The highest BCUT2D eigenvalue weighted by Crippen LogP contribution is 2.22. The molecule has 0 aliphatic rings. The van der Waals surface area contributed by atoms with Crippen molar-refractivity contribution in [3.05, 3.63) is 57.6 Å².